The topological polar surface area (TPSA) is 58.9 Å². The molecule has 0 aromatic heterocycles. The molecule has 0 bridgehead atoms. The van der Waals surface area contributed by atoms with Crippen LogP contribution in [0.25, 0.3) is 0 Å². The van der Waals surface area contributed by atoms with Crippen LogP contribution in [0.3, 0.4) is 0 Å². The predicted octanol–water partition coefficient (Wildman–Crippen LogP) is 0.0272. The van der Waals surface area contributed by atoms with Crippen molar-refractivity contribution in [2.75, 3.05) is 27.4 Å². The third-order valence-corrected chi connectivity index (χ3v) is 1.32. The fraction of sp³-hybridized carbons (Fsp3) is 1.00. The van der Waals surface area contributed by atoms with Crippen molar-refractivity contribution in [3.05, 3.63) is 0 Å². The molecule has 12 heavy (non-hydrogen) atoms. The Labute approximate surface area is 74.1 Å². The Kier molecular flexibility index (Phi) is 13.0. The minimum Gasteiger partial charge on any atom is -0.394 e. The number of aliphatic hydroxyl groups is 2. The molecule has 0 aliphatic rings. The monoisotopic (exact) mass is 180 g/mol. The van der Waals surface area contributed by atoms with Gasteiger partial charge in [0, 0.05) is 14.2 Å². The molecule has 0 heterocycles. The summed E-state index contributed by atoms with van der Waals surface area (Å²) in [6, 6.07) is 0. The second-order valence-electron chi connectivity index (χ2n) is 2.46. The lowest BCUT2D eigenvalue weighted by Crippen LogP contribution is -2.08. The van der Waals surface area contributed by atoms with E-state index in [1.54, 1.807) is 28.1 Å². The molecule has 0 aromatic rings. The van der Waals surface area contributed by atoms with E-state index in [1.165, 1.54) is 0 Å². The lowest BCUT2D eigenvalue weighted by molar-refractivity contribution is 0.0623. The fourth-order valence-electron chi connectivity index (χ4n) is 0.149. The van der Waals surface area contributed by atoms with Gasteiger partial charge in [-0.25, -0.2) is 0 Å². The summed E-state index contributed by atoms with van der Waals surface area (Å²) in [6.45, 7) is 3.83. The zero-order valence-electron chi connectivity index (χ0n) is 8.28. The van der Waals surface area contributed by atoms with Crippen molar-refractivity contribution >= 4 is 0 Å². The first-order valence-electron chi connectivity index (χ1n) is 3.89. The van der Waals surface area contributed by atoms with E-state index in [4.69, 9.17) is 10.2 Å². The van der Waals surface area contributed by atoms with Crippen LogP contribution in [-0.4, -0.2) is 49.9 Å². The Hall–Kier alpha value is -0.160. The molecule has 76 valence electrons. The molecule has 4 nitrogen and oxygen atoms in total. The van der Waals surface area contributed by atoms with Crippen LogP contribution in [0.2, 0.25) is 0 Å². The number of rotatable bonds is 4. The van der Waals surface area contributed by atoms with Gasteiger partial charge < -0.3 is 19.7 Å². The summed E-state index contributed by atoms with van der Waals surface area (Å²) in [6.07, 6.45) is -0.0185. The van der Waals surface area contributed by atoms with Gasteiger partial charge in [-0.3, -0.25) is 0 Å². The molecule has 0 fully saturated rings. The molecule has 0 amide bonds. The summed E-state index contributed by atoms with van der Waals surface area (Å²) in [4.78, 5) is 0. The van der Waals surface area contributed by atoms with Crippen molar-refractivity contribution < 1.29 is 19.7 Å². The van der Waals surface area contributed by atoms with Gasteiger partial charge in [-0.2, -0.15) is 0 Å². The van der Waals surface area contributed by atoms with Gasteiger partial charge in [-0.1, -0.05) is 0 Å². The Balaban J connectivity index is 0. The maximum Gasteiger partial charge on any atom is 0.0773 e. The Morgan fingerprint density at radius 1 is 0.917 bits per heavy atom. The van der Waals surface area contributed by atoms with Crippen LogP contribution in [0.5, 0.6) is 0 Å². The van der Waals surface area contributed by atoms with Crippen molar-refractivity contribution in [3.63, 3.8) is 0 Å². The van der Waals surface area contributed by atoms with Gasteiger partial charge in [0.15, 0.2) is 0 Å². The van der Waals surface area contributed by atoms with Crippen LogP contribution < -0.4 is 0 Å². The quantitative estimate of drug-likeness (QED) is 0.640. The van der Waals surface area contributed by atoms with Crippen LogP contribution in [0.1, 0.15) is 13.8 Å². The van der Waals surface area contributed by atoms with E-state index < -0.39 is 0 Å². The SMILES string of the molecule is COC(C)CO.COC(C)CO. The second-order valence-corrected chi connectivity index (χ2v) is 2.46. The molecule has 0 aliphatic carbocycles. The summed E-state index contributed by atoms with van der Waals surface area (Å²) in [5.74, 6) is 0. The number of methoxy groups -OCH3 is 2. The molecule has 0 rings (SSSR count). The molecule has 0 saturated carbocycles. The van der Waals surface area contributed by atoms with Gasteiger partial charge >= 0.3 is 0 Å². The standard InChI is InChI=1S/2C4H10O2/c2*1-4(3-5)6-2/h2*4-5H,3H2,1-2H3. The van der Waals surface area contributed by atoms with Crippen LogP contribution in [0, 0.1) is 0 Å². The summed E-state index contributed by atoms with van der Waals surface area (Å²) in [7, 11) is 3.14. The van der Waals surface area contributed by atoms with E-state index in [0.717, 1.165) is 0 Å². The zero-order valence-corrected chi connectivity index (χ0v) is 8.28. The lowest BCUT2D eigenvalue weighted by Gasteiger charge is -2.00. The molecule has 2 N–H and O–H groups in total. The smallest absolute Gasteiger partial charge is 0.0773 e. The predicted molar refractivity (Wildman–Crippen MR) is 47.1 cm³/mol. The van der Waals surface area contributed by atoms with Crippen molar-refractivity contribution in [2.45, 2.75) is 26.1 Å². The maximum absolute atomic E-state index is 8.21. The van der Waals surface area contributed by atoms with Gasteiger partial charge in [0.1, 0.15) is 0 Å². The van der Waals surface area contributed by atoms with Crippen molar-refractivity contribution in [1.29, 1.82) is 0 Å². The first-order chi connectivity index (χ1) is 5.62. The third-order valence-electron chi connectivity index (χ3n) is 1.32. The number of hydrogen-bond donors (Lipinski definition) is 2. The first kappa shape index (κ1) is 14.4. The van der Waals surface area contributed by atoms with Crippen LogP contribution in [-0.2, 0) is 9.47 Å². The first-order valence-corrected chi connectivity index (χ1v) is 3.89. The molecular formula is C8H20O4. The number of aliphatic hydroxyl groups excluding tert-OH is 2. The summed E-state index contributed by atoms with van der Waals surface area (Å²) < 4.78 is 9.30. The minimum absolute atomic E-state index is 0.00926. The second kappa shape index (κ2) is 10.8. The van der Waals surface area contributed by atoms with E-state index in [-0.39, 0.29) is 25.4 Å². The Bertz CT molecular complexity index is 59.5. The van der Waals surface area contributed by atoms with Crippen molar-refractivity contribution in [1.82, 2.24) is 0 Å². The maximum atomic E-state index is 8.21. The zero-order chi connectivity index (χ0) is 9.98. The number of ether oxygens (including phenoxy) is 2. The van der Waals surface area contributed by atoms with Crippen LogP contribution in [0.15, 0.2) is 0 Å². The molecule has 0 spiro atoms. The van der Waals surface area contributed by atoms with Gasteiger partial charge in [-0.15, -0.1) is 0 Å². The molecular weight excluding hydrogens is 160 g/mol. The highest BCUT2D eigenvalue weighted by Crippen LogP contribution is 1.80. The largest absolute Gasteiger partial charge is 0.394 e. The highest BCUT2D eigenvalue weighted by molar-refractivity contribution is 4.39. The fourth-order valence-corrected chi connectivity index (χ4v) is 0.149. The van der Waals surface area contributed by atoms with Gasteiger partial charge in [0.25, 0.3) is 0 Å². The van der Waals surface area contributed by atoms with E-state index in [9.17, 15) is 0 Å². The van der Waals surface area contributed by atoms with Crippen molar-refractivity contribution in [2.24, 2.45) is 0 Å². The Morgan fingerprint density at radius 2 is 1.17 bits per heavy atom. The van der Waals surface area contributed by atoms with E-state index in [0.29, 0.717) is 0 Å². The average molecular weight is 180 g/mol. The summed E-state index contributed by atoms with van der Waals surface area (Å²) >= 11 is 0. The molecule has 0 radical (unpaired) electrons. The summed E-state index contributed by atoms with van der Waals surface area (Å²) in [5.41, 5.74) is 0. The molecule has 0 saturated heterocycles. The van der Waals surface area contributed by atoms with Crippen LogP contribution >= 0.6 is 0 Å². The van der Waals surface area contributed by atoms with Gasteiger partial charge in [0.05, 0.1) is 25.4 Å². The number of hydrogen-bond acceptors (Lipinski definition) is 4. The molecule has 0 aliphatic heterocycles. The lowest BCUT2D eigenvalue weighted by atomic mass is 10.4. The van der Waals surface area contributed by atoms with E-state index >= 15 is 0 Å². The normalized spacial score (nSPS) is 14.5. The van der Waals surface area contributed by atoms with E-state index in [2.05, 4.69) is 9.47 Å². The molecule has 0 aromatic carbocycles. The molecule has 2 atom stereocenters. The van der Waals surface area contributed by atoms with Gasteiger partial charge in [0.2, 0.25) is 0 Å². The molecule has 2 unspecified atom stereocenters. The Morgan fingerprint density at radius 3 is 1.17 bits per heavy atom. The van der Waals surface area contributed by atoms with Crippen molar-refractivity contribution in [3.8, 4) is 0 Å². The molecule has 4 heteroatoms. The van der Waals surface area contributed by atoms with Gasteiger partial charge in [-0.05, 0) is 13.8 Å². The minimum atomic E-state index is -0.00926. The van der Waals surface area contributed by atoms with Crippen LogP contribution in [0.4, 0.5) is 0 Å². The highest BCUT2D eigenvalue weighted by Gasteiger charge is 1.90. The summed E-state index contributed by atoms with van der Waals surface area (Å²) in [5, 5.41) is 16.4. The van der Waals surface area contributed by atoms with E-state index in [1.807, 2.05) is 0 Å². The average Bonchev–Trinajstić information content (AvgIpc) is 2.16. The highest BCUT2D eigenvalue weighted by atomic mass is 16.5. The third kappa shape index (κ3) is 12.5.